The highest BCUT2D eigenvalue weighted by molar-refractivity contribution is 5.42. The Morgan fingerprint density at radius 1 is 0.867 bits per heavy atom. The van der Waals surface area contributed by atoms with Gasteiger partial charge < -0.3 is 24.4 Å². The van der Waals surface area contributed by atoms with Crippen molar-refractivity contribution in [3.63, 3.8) is 0 Å². The van der Waals surface area contributed by atoms with Crippen LogP contribution in [0.25, 0.3) is 0 Å². The summed E-state index contributed by atoms with van der Waals surface area (Å²) in [6, 6.07) is 6.97. The summed E-state index contributed by atoms with van der Waals surface area (Å²) >= 11 is 0. The molecule has 1 aromatic carbocycles. The Morgan fingerprint density at radius 3 is 1.80 bits per heavy atom. The molecule has 1 fully saturated rings. The van der Waals surface area contributed by atoms with E-state index in [2.05, 4.69) is 0 Å². The van der Waals surface area contributed by atoms with Crippen LogP contribution in [0.5, 0.6) is 11.5 Å². The molecule has 3 aliphatic heterocycles. The molecule has 0 aromatic heterocycles. The van der Waals surface area contributed by atoms with Crippen molar-refractivity contribution in [3.8, 4) is 11.5 Å². The second kappa shape index (κ2) is 2.60. The van der Waals surface area contributed by atoms with Crippen LogP contribution in [0.15, 0.2) is 47.7 Å². The lowest BCUT2D eigenvalue weighted by Crippen LogP contribution is -2.00. The second-order valence-corrected chi connectivity index (χ2v) is 3.05. The second-order valence-electron chi connectivity index (χ2n) is 3.05. The van der Waals surface area contributed by atoms with E-state index in [9.17, 15) is 0 Å². The van der Waals surface area contributed by atoms with Gasteiger partial charge in [0, 0.05) is 0 Å². The standard InChI is InChI=1S/C10H6O5/c11-9(12)7-8(15-7)10-13-5-1-2-6(14-10)4-3-5/h1-4,11-12H. The fourth-order valence-electron chi connectivity index (χ4n) is 1.26. The van der Waals surface area contributed by atoms with Gasteiger partial charge >= 0.3 is 11.9 Å². The van der Waals surface area contributed by atoms with Gasteiger partial charge in [-0.25, -0.2) is 0 Å². The van der Waals surface area contributed by atoms with E-state index >= 15 is 0 Å². The van der Waals surface area contributed by atoms with Crippen LogP contribution in [0, 0.1) is 0 Å². The summed E-state index contributed by atoms with van der Waals surface area (Å²) in [6.07, 6.45) is 0. The molecule has 76 valence electrons. The van der Waals surface area contributed by atoms with E-state index in [1.54, 1.807) is 24.3 Å². The molecule has 3 heterocycles. The number of epoxide rings is 1. The van der Waals surface area contributed by atoms with E-state index in [4.69, 9.17) is 24.4 Å². The van der Waals surface area contributed by atoms with Crippen LogP contribution >= 0.6 is 0 Å². The molecule has 2 N–H and O–H groups in total. The summed E-state index contributed by atoms with van der Waals surface area (Å²) in [7, 11) is 0. The van der Waals surface area contributed by atoms with Crippen molar-refractivity contribution in [1.82, 2.24) is 0 Å². The monoisotopic (exact) mass is 206 g/mol. The first-order chi connectivity index (χ1) is 7.24. The Kier molecular flexibility index (Phi) is 1.39. The third-order valence-corrected chi connectivity index (χ3v) is 2.00. The first-order valence-corrected chi connectivity index (χ1v) is 4.24. The summed E-state index contributed by atoms with van der Waals surface area (Å²) in [5, 5.41) is 17.5. The van der Waals surface area contributed by atoms with Crippen LogP contribution in [-0.2, 0) is 4.74 Å². The van der Waals surface area contributed by atoms with Gasteiger partial charge in [-0.05, 0) is 24.3 Å². The number of rotatable bonds is 0. The minimum atomic E-state index is -0.878. The maximum Gasteiger partial charge on any atom is 0.339 e. The SMILES string of the molecule is OC(O)=C1OC1=C1Oc2ccc(cc2)O1. The van der Waals surface area contributed by atoms with Gasteiger partial charge in [0.2, 0.25) is 0 Å². The van der Waals surface area contributed by atoms with Crippen molar-refractivity contribution in [2.75, 3.05) is 0 Å². The molecule has 1 saturated heterocycles. The average Bonchev–Trinajstić information content (AvgIpc) is 3.03. The zero-order chi connectivity index (χ0) is 10.4. The smallest absolute Gasteiger partial charge is 0.339 e. The summed E-state index contributed by atoms with van der Waals surface area (Å²) < 4.78 is 15.4. The Balaban J connectivity index is 2.01. The summed E-state index contributed by atoms with van der Waals surface area (Å²) in [4.78, 5) is 0. The van der Waals surface area contributed by atoms with Crippen LogP contribution in [0.4, 0.5) is 0 Å². The van der Waals surface area contributed by atoms with Crippen LogP contribution < -0.4 is 9.47 Å². The predicted octanol–water partition coefficient (Wildman–Crippen LogP) is 1.94. The zero-order valence-corrected chi connectivity index (χ0v) is 7.43. The van der Waals surface area contributed by atoms with Gasteiger partial charge in [0.05, 0.1) is 0 Å². The lowest BCUT2D eigenvalue weighted by Gasteiger charge is -2.01. The number of hydrogen-bond acceptors (Lipinski definition) is 5. The quantitative estimate of drug-likeness (QED) is 0.501. The molecule has 2 bridgehead atoms. The van der Waals surface area contributed by atoms with Crippen molar-refractivity contribution >= 4 is 0 Å². The number of fused-ring (bicyclic) bond motifs is 4. The van der Waals surface area contributed by atoms with Crippen LogP contribution in [-0.4, -0.2) is 10.2 Å². The number of aliphatic hydroxyl groups excluding tert-OH is 1. The lowest BCUT2D eigenvalue weighted by atomic mass is 10.3. The minimum absolute atomic E-state index is 0.0208. The summed E-state index contributed by atoms with van der Waals surface area (Å²) in [5.41, 5.74) is 0. The maximum atomic E-state index is 8.73. The van der Waals surface area contributed by atoms with E-state index < -0.39 is 5.95 Å². The highest BCUT2D eigenvalue weighted by atomic mass is 16.7. The number of aliphatic hydroxyl groups is 2. The first-order valence-electron chi connectivity index (χ1n) is 4.24. The molecule has 0 aliphatic carbocycles. The molecule has 5 heteroatoms. The molecule has 0 amide bonds. The van der Waals surface area contributed by atoms with Crippen LogP contribution in [0.1, 0.15) is 0 Å². The van der Waals surface area contributed by atoms with E-state index in [1.165, 1.54) is 0 Å². The predicted molar refractivity (Wildman–Crippen MR) is 48.1 cm³/mol. The molecule has 0 saturated carbocycles. The molecule has 0 atom stereocenters. The third-order valence-electron chi connectivity index (χ3n) is 2.00. The molecule has 5 nitrogen and oxygen atoms in total. The first kappa shape index (κ1) is 8.05. The molecule has 1 aromatic rings. The normalized spacial score (nSPS) is 16.4. The van der Waals surface area contributed by atoms with Gasteiger partial charge in [0.25, 0.3) is 11.5 Å². The third kappa shape index (κ3) is 1.25. The van der Waals surface area contributed by atoms with E-state index in [0.717, 1.165) is 0 Å². The van der Waals surface area contributed by atoms with E-state index in [0.29, 0.717) is 11.5 Å². The molecular weight excluding hydrogens is 200 g/mol. The molecule has 0 spiro atoms. The lowest BCUT2D eigenvalue weighted by molar-refractivity contribution is 0.181. The van der Waals surface area contributed by atoms with E-state index in [-0.39, 0.29) is 17.5 Å². The van der Waals surface area contributed by atoms with Gasteiger partial charge in [0.15, 0.2) is 0 Å². The van der Waals surface area contributed by atoms with Crippen molar-refractivity contribution in [2.45, 2.75) is 0 Å². The van der Waals surface area contributed by atoms with Crippen molar-refractivity contribution < 1.29 is 24.4 Å². The fourth-order valence-corrected chi connectivity index (χ4v) is 1.26. The Hall–Kier alpha value is -2.30. The molecule has 0 radical (unpaired) electrons. The Labute approximate surface area is 84.4 Å². The highest BCUT2D eigenvalue weighted by Crippen LogP contribution is 2.39. The maximum absolute atomic E-state index is 8.73. The Morgan fingerprint density at radius 2 is 1.40 bits per heavy atom. The van der Waals surface area contributed by atoms with Gasteiger partial charge in [-0.15, -0.1) is 0 Å². The number of ether oxygens (including phenoxy) is 3. The van der Waals surface area contributed by atoms with Gasteiger partial charge in [-0.1, -0.05) is 0 Å². The summed E-state index contributed by atoms with van der Waals surface area (Å²) in [5.74, 6) is 0.629. The number of benzene rings is 1. The largest absolute Gasteiger partial charge is 0.478 e. The molecule has 3 aliphatic rings. The van der Waals surface area contributed by atoms with Crippen LogP contribution in [0.2, 0.25) is 0 Å². The minimum Gasteiger partial charge on any atom is -0.478 e. The Bertz CT molecular complexity index is 452. The van der Waals surface area contributed by atoms with Gasteiger partial charge in [-0.3, -0.25) is 0 Å². The highest BCUT2D eigenvalue weighted by Gasteiger charge is 2.39. The van der Waals surface area contributed by atoms with Crippen molar-refractivity contribution in [1.29, 1.82) is 0 Å². The van der Waals surface area contributed by atoms with Gasteiger partial charge in [0.1, 0.15) is 11.5 Å². The molecule has 4 rings (SSSR count). The van der Waals surface area contributed by atoms with Gasteiger partial charge in [-0.2, -0.15) is 0 Å². The molecule has 15 heavy (non-hydrogen) atoms. The van der Waals surface area contributed by atoms with Crippen molar-refractivity contribution in [2.24, 2.45) is 0 Å². The molecule has 0 unspecified atom stereocenters. The topological polar surface area (TPSA) is 71.5 Å². The molecular formula is C10H6O5. The number of hydrogen-bond donors (Lipinski definition) is 2. The average molecular weight is 206 g/mol. The van der Waals surface area contributed by atoms with Crippen molar-refractivity contribution in [3.05, 3.63) is 47.7 Å². The fraction of sp³-hybridized carbons (Fsp3) is 0. The zero-order valence-electron chi connectivity index (χ0n) is 7.43. The van der Waals surface area contributed by atoms with Crippen LogP contribution in [0.3, 0.4) is 0 Å². The summed E-state index contributed by atoms with van der Waals surface area (Å²) in [6.45, 7) is 0. The van der Waals surface area contributed by atoms with E-state index in [1.807, 2.05) is 0 Å².